The quantitative estimate of drug-likeness (QED) is 0.861. The molecule has 0 aliphatic carbocycles. The Morgan fingerprint density at radius 1 is 1.26 bits per heavy atom. The molecule has 0 saturated heterocycles. The van der Waals surface area contributed by atoms with Gasteiger partial charge in [-0.2, -0.15) is 0 Å². The number of methoxy groups -OCH3 is 1. The van der Waals surface area contributed by atoms with Crippen LogP contribution in [-0.2, 0) is 12.8 Å². The first-order chi connectivity index (χ1) is 9.21. The largest absolute Gasteiger partial charge is 0.497 e. The van der Waals surface area contributed by atoms with Crippen molar-refractivity contribution in [3.63, 3.8) is 0 Å². The van der Waals surface area contributed by atoms with Crippen LogP contribution in [-0.4, -0.2) is 20.2 Å². The lowest BCUT2D eigenvalue weighted by Gasteiger charge is -2.15. The van der Waals surface area contributed by atoms with E-state index in [-0.39, 0.29) is 0 Å². The third-order valence-corrected chi connectivity index (χ3v) is 4.84. The number of ether oxygens (including phenoxy) is 1. The zero-order valence-corrected chi connectivity index (χ0v) is 13.6. The van der Waals surface area contributed by atoms with Crippen LogP contribution < -0.4 is 10.1 Å². The Morgan fingerprint density at radius 3 is 2.53 bits per heavy atom. The topological polar surface area (TPSA) is 21.3 Å². The van der Waals surface area contributed by atoms with Gasteiger partial charge >= 0.3 is 0 Å². The first kappa shape index (κ1) is 14.6. The number of thiophene rings is 1. The molecule has 0 spiro atoms. The lowest BCUT2D eigenvalue weighted by atomic mass is 10.0. The lowest BCUT2D eigenvalue weighted by Crippen LogP contribution is -2.29. The molecule has 4 heteroatoms. The van der Waals surface area contributed by atoms with E-state index < -0.39 is 0 Å². The summed E-state index contributed by atoms with van der Waals surface area (Å²) in [6.45, 7) is 0. The number of hydrogen-bond donors (Lipinski definition) is 1. The van der Waals surface area contributed by atoms with Crippen molar-refractivity contribution in [1.29, 1.82) is 0 Å². The van der Waals surface area contributed by atoms with Gasteiger partial charge in [-0.05, 0) is 59.6 Å². The van der Waals surface area contributed by atoms with Gasteiger partial charge in [0.25, 0.3) is 0 Å². The fraction of sp³-hybridized carbons (Fsp3) is 0.333. The summed E-state index contributed by atoms with van der Waals surface area (Å²) in [4.78, 5) is 1.40. The summed E-state index contributed by atoms with van der Waals surface area (Å²) in [7, 11) is 3.72. The smallest absolute Gasteiger partial charge is 0.118 e. The number of hydrogen-bond acceptors (Lipinski definition) is 3. The molecule has 102 valence electrons. The molecule has 0 aliphatic rings. The Hall–Kier alpha value is -0.840. The van der Waals surface area contributed by atoms with Gasteiger partial charge in [-0.15, -0.1) is 11.3 Å². The minimum absolute atomic E-state index is 0.457. The van der Waals surface area contributed by atoms with Crippen molar-refractivity contribution < 1.29 is 4.74 Å². The molecule has 1 aromatic heterocycles. The fourth-order valence-corrected chi connectivity index (χ4v) is 3.56. The highest BCUT2D eigenvalue weighted by molar-refractivity contribution is 9.10. The molecule has 0 fully saturated rings. The Bertz CT molecular complexity index is 509. The summed E-state index contributed by atoms with van der Waals surface area (Å²) >= 11 is 5.31. The van der Waals surface area contributed by atoms with Crippen molar-refractivity contribution in [1.82, 2.24) is 5.32 Å². The van der Waals surface area contributed by atoms with Crippen LogP contribution in [0.1, 0.15) is 10.4 Å². The number of benzene rings is 1. The van der Waals surface area contributed by atoms with Crippen LogP contribution in [0.2, 0.25) is 0 Å². The highest BCUT2D eigenvalue weighted by atomic mass is 79.9. The fourth-order valence-electron chi connectivity index (χ4n) is 2.03. The third-order valence-electron chi connectivity index (χ3n) is 3.12. The van der Waals surface area contributed by atoms with Crippen molar-refractivity contribution in [2.75, 3.05) is 14.2 Å². The van der Waals surface area contributed by atoms with Gasteiger partial charge in [0.05, 0.1) is 7.11 Å². The number of halogens is 1. The van der Waals surface area contributed by atoms with Crippen molar-refractivity contribution in [3.8, 4) is 5.75 Å². The molecular weight excluding hydrogens is 322 g/mol. The standard InChI is InChI=1S/C15H18BrNOS/c1-17-13(9-15-8-12(16)10-19-15)7-11-3-5-14(18-2)6-4-11/h3-6,8,10,13,17H,7,9H2,1-2H3. The van der Waals surface area contributed by atoms with Gasteiger partial charge in [-0.1, -0.05) is 12.1 Å². The molecule has 2 nitrogen and oxygen atoms in total. The summed E-state index contributed by atoms with van der Waals surface area (Å²) in [6, 6.07) is 11.0. The van der Waals surface area contributed by atoms with E-state index in [1.165, 1.54) is 14.9 Å². The zero-order chi connectivity index (χ0) is 13.7. The highest BCUT2D eigenvalue weighted by Gasteiger charge is 2.10. The Labute approximate surface area is 126 Å². The maximum absolute atomic E-state index is 5.18. The Kier molecular flexibility index (Phi) is 5.43. The molecule has 0 aliphatic heterocycles. The molecule has 19 heavy (non-hydrogen) atoms. The average Bonchev–Trinajstić information content (AvgIpc) is 2.84. The molecule has 0 amide bonds. The minimum atomic E-state index is 0.457. The molecule has 0 radical (unpaired) electrons. The monoisotopic (exact) mass is 339 g/mol. The SMILES string of the molecule is CNC(Cc1ccc(OC)cc1)Cc1cc(Br)cs1. The molecule has 1 unspecified atom stereocenters. The van der Waals surface area contributed by atoms with Gasteiger partial charge in [0, 0.05) is 20.8 Å². The first-order valence-corrected chi connectivity index (χ1v) is 7.91. The summed E-state index contributed by atoms with van der Waals surface area (Å²) in [6.07, 6.45) is 2.08. The van der Waals surface area contributed by atoms with E-state index in [2.05, 4.69) is 44.8 Å². The Balaban J connectivity index is 1.97. The molecule has 2 rings (SSSR count). The van der Waals surface area contributed by atoms with Crippen molar-refractivity contribution in [2.24, 2.45) is 0 Å². The van der Waals surface area contributed by atoms with Crippen LogP contribution in [0.4, 0.5) is 0 Å². The Morgan fingerprint density at radius 2 is 2.00 bits per heavy atom. The normalized spacial score (nSPS) is 12.4. The van der Waals surface area contributed by atoms with Gasteiger partial charge in [0.15, 0.2) is 0 Å². The molecule has 1 aromatic carbocycles. The number of rotatable bonds is 6. The minimum Gasteiger partial charge on any atom is -0.497 e. The molecular formula is C15H18BrNOS. The van der Waals surface area contributed by atoms with Crippen LogP contribution in [0.5, 0.6) is 5.75 Å². The van der Waals surface area contributed by atoms with Crippen molar-refractivity contribution in [3.05, 3.63) is 50.6 Å². The van der Waals surface area contributed by atoms with Gasteiger partial charge in [0.2, 0.25) is 0 Å². The molecule has 2 aromatic rings. The van der Waals surface area contributed by atoms with Gasteiger partial charge in [0.1, 0.15) is 5.75 Å². The first-order valence-electron chi connectivity index (χ1n) is 6.24. The van der Waals surface area contributed by atoms with Gasteiger partial charge < -0.3 is 10.1 Å². The van der Waals surface area contributed by atoms with E-state index >= 15 is 0 Å². The van der Waals surface area contributed by atoms with E-state index in [1.807, 2.05) is 19.2 Å². The predicted octanol–water partition coefficient (Wildman–Crippen LogP) is 3.89. The summed E-state index contributed by atoms with van der Waals surface area (Å²) in [5, 5.41) is 5.53. The zero-order valence-electron chi connectivity index (χ0n) is 11.2. The van der Waals surface area contributed by atoms with Gasteiger partial charge in [-0.25, -0.2) is 0 Å². The second-order valence-corrected chi connectivity index (χ2v) is 6.38. The molecule has 0 saturated carbocycles. The maximum Gasteiger partial charge on any atom is 0.118 e. The second-order valence-electron chi connectivity index (χ2n) is 4.47. The summed E-state index contributed by atoms with van der Waals surface area (Å²) < 4.78 is 6.35. The van der Waals surface area contributed by atoms with Crippen LogP contribution in [0.3, 0.4) is 0 Å². The van der Waals surface area contributed by atoms with E-state index in [9.17, 15) is 0 Å². The van der Waals surface area contributed by atoms with Crippen LogP contribution >= 0.6 is 27.3 Å². The highest BCUT2D eigenvalue weighted by Crippen LogP contribution is 2.22. The van der Waals surface area contributed by atoms with E-state index in [0.29, 0.717) is 6.04 Å². The van der Waals surface area contributed by atoms with Crippen molar-refractivity contribution in [2.45, 2.75) is 18.9 Å². The molecule has 1 N–H and O–H groups in total. The second kappa shape index (κ2) is 7.08. The maximum atomic E-state index is 5.18. The average molecular weight is 340 g/mol. The van der Waals surface area contributed by atoms with Crippen LogP contribution in [0.25, 0.3) is 0 Å². The van der Waals surface area contributed by atoms with Crippen LogP contribution in [0.15, 0.2) is 40.2 Å². The molecule has 0 bridgehead atoms. The van der Waals surface area contributed by atoms with E-state index in [4.69, 9.17) is 4.74 Å². The molecule has 1 heterocycles. The van der Waals surface area contributed by atoms with E-state index in [1.54, 1.807) is 18.4 Å². The van der Waals surface area contributed by atoms with Crippen molar-refractivity contribution >= 4 is 27.3 Å². The third kappa shape index (κ3) is 4.34. The number of likely N-dealkylation sites (N-methyl/N-ethyl adjacent to an activating group) is 1. The lowest BCUT2D eigenvalue weighted by molar-refractivity contribution is 0.414. The van der Waals surface area contributed by atoms with E-state index in [0.717, 1.165) is 18.6 Å². The molecule has 1 atom stereocenters. The predicted molar refractivity (Wildman–Crippen MR) is 85.3 cm³/mol. The number of nitrogens with one attached hydrogen (secondary N) is 1. The summed E-state index contributed by atoms with van der Waals surface area (Å²) in [5.41, 5.74) is 1.33. The van der Waals surface area contributed by atoms with Gasteiger partial charge in [-0.3, -0.25) is 0 Å². The van der Waals surface area contributed by atoms with Crippen LogP contribution in [0, 0.1) is 0 Å². The summed E-state index contributed by atoms with van der Waals surface area (Å²) in [5.74, 6) is 0.909.